The van der Waals surface area contributed by atoms with Crippen LogP contribution in [-0.4, -0.2) is 14.3 Å². The van der Waals surface area contributed by atoms with Crippen molar-refractivity contribution >= 4 is 38.9 Å². The van der Waals surface area contributed by atoms with Crippen molar-refractivity contribution in [3.63, 3.8) is 0 Å². The lowest BCUT2D eigenvalue weighted by atomic mass is 10.2. The summed E-state index contributed by atoms with van der Waals surface area (Å²) in [4.78, 5) is 12.3. The van der Waals surface area contributed by atoms with Gasteiger partial charge in [-0.05, 0) is 48.9 Å². The van der Waals surface area contributed by atoms with E-state index >= 15 is 0 Å². The minimum Gasteiger partial charge on any atom is -0.322 e. The first kappa shape index (κ1) is 19.9. The first-order chi connectivity index (χ1) is 13.3. The van der Waals surface area contributed by atoms with Crippen LogP contribution in [0, 0.1) is 12.7 Å². The summed E-state index contributed by atoms with van der Waals surface area (Å²) in [6.45, 7) is 1.61. The van der Waals surface area contributed by atoms with Crippen molar-refractivity contribution in [2.75, 3.05) is 10.0 Å². The first-order valence-corrected chi connectivity index (χ1v) is 10.1. The van der Waals surface area contributed by atoms with Gasteiger partial charge in [-0.3, -0.25) is 9.52 Å². The Labute approximate surface area is 167 Å². The molecule has 144 valence electrons. The number of amides is 1. The van der Waals surface area contributed by atoms with Gasteiger partial charge >= 0.3 is 0 Å². The minimum atomic E-state index is -4.06. The predicted molar refractivity (Wildman–Crippen MR) is 108 cm³/mol. The largest absolute Gasteiger partial charge is 0.322 e. The second kappa shape index (κ2) is 8.00. The molecule has 3 aromatic carbocycles. The quantitative estimate of drug-likeness (QED) is 0.622. The topological polar surface area (TPSA) is 75.3 Å². The zero-order valence-electron chi connectivity index (χ0n) is 14.7. The molecule has 0 aliphatic rings. The van der Waals surface area contributed by atoms with Crippen LogP contribution in [0.15, 0.2) is 71.6 Å². The maximum absolute atomic E-state index is 13.8. The highest BCUT2D eigenvalue weighted by atomic mass is 35.5. The van der Waals surface area contributed by atoms with Crippen LogP contribution in [0.5, 0.6) is 0 Å². The van der Waals surface area contributed by atoms with Gasteiger partial charge < -0.3 is 5.32 Å². The SMILES string of the molecule is Cc1ccc(NC(=O)c2ccccc2Cl)cc1S(=O)(=O)Nc1ccccc1F. The molecule has 0 fully saturated rings. The van der Waals surface area contributed by atoms with E-state index in [1.807, 2.05) is 0 Å². The van der Waals surface area contributed by atoms with Crippen LogP contribution in [0.3, 0.4) is 0 Å². The fraction of sp³-hybridized carbons (Fsp3) is 0.0500. The molecule has 3 rings (SSSR count). The van der Waals surface area contributed by atoms with Gasteiger partial charge in [-0.1, -0.05) is 41.9 Å². The Morgan fingerprint density at radius 3 is 2.39 bits per heavy atom. The van der Waals surface area contributed by atoms with Gasteiger partial charge in [-0.15, -0.1) is 0 Å². The van der Waals surface area contributed by atoms with E-state index in [2.05, 4.69) is 10.0 Å². The summed E-state index contributed by atoms with van der Waals surface area (Å²) < 4.78 is 41.5. The van der Waals surface area contributed by atoms with Crippen LogP contribution in [0.1, 0.15) is 15.9 Å². The molecule has 0 heterocycles. The second-order valence-electron chi connectivity index (χ2n) is 6.00. The number of rotatable bonds is 5. The average Bonchev–Trinajstić information content (AvgIpc) is 2.65. The van der Waals surface area contributed by atoms with Gasteiger partial charge in [0.25, 0.3) is 15.9 Å². The first-order valence-electron chi connectivity index (χ1n) is 8.22. The number of hydrogen-bond donors (Lipinski definition) is 2. The number of nitrogens with one attached hydrogen (secondary N) is 2. The number of sulfonamides is 1. The smallest absolute Gasteiger partial charge is 0.262 e. The number of anilines is 2. The molecule has 0 unspecified atom stereocenters. The zero-order valence-corrected chi connectivity index (χ0v) is 16.3. The van der Waals surface area contributed by atoms with Crippen molar-refractivity contribution in [2.24, 2.45) is 0 Å². The van der Waals surface area contributed by atoms with E-state index in [1.165, 1.54) is 24.3 Å². The lowest BCUT2D eigenvalue weighted by molar-refractivity contribution is 0.102. The van der Waals surface area contributed by atoms with Crippen LogP contribution in [0.2, 0.25) is 5.02 Å². The van der Waals surface area contributed by atoms with E-state index in [4.69, 9.17) is 11.6 Å². The summed E-state index contributed by atoms with van der Waals surface area (Å²) in [7, 11) is -4.06. The number of carbonyl (C=O) groups is 1. The Hall–Kier alpha value is -2.90. The molecule has 0 radical (unpaired) electrons. The third kappa shape index (κ3) is 4.32. The molecule has 2 N–H and O–H groups in total. The lowest BCUT2D eigenvalue weighted by Crippen LogP contribution is -2.17. The molecule has 28 heavy (non-hydrogen) atoms. The summed E-state index contributed by atoms with van der Waals surface area (Å²) in [6, 6.07) is 16.4. The molecule has 0 spiro atoms. The lowest BCUT2D eigenvalue weighted by Gasteiger charge is -2.13. The molecule has 0 aromatic heterocycles. The van der Waals surface area contributed by atoms with Crippen LogP contribution < -0.4 is 10.0 Å². The molecule has 5 nitrogen and oxygen atoms in total. The minimum absolute atomic E-state index is 0.0762. The van der Waals surface area contributed by atoms with Crippen molar-refractivity contribution in [1.82, 2.24) is 0 Å². The normalized spacial score (nSPS) is 11.1. The maximum Gasteiger partial charge on any atom is 0.262 e. The fourth-order valence-electron chi connectivity index (χ4n) is 2.55. The molecule has 0 saturated heterocycles. The van der Waals surface area contributed by atoms with Gasteiger partial charge in [-0.25, -0.2) is 12.8 Å². The van der Waals surface area contributed by atoms with E-state index in [9.17, 15) is 17.6 Å². The van der Waals surface area contributed by atoms with Crippen molar-refractivity contribution < 1.29 is 17.6 Å². The Balaban J connectivity index is 1.90. The number of hydrogen-bond acceptors (Lipinski definition) is 3. The Bertz CT molecular complexity index is 1150. The molecule has 0 aliphatic heterocycles. The van der Waals surface area contributed by atoms with E-state index in [1.54, 1.807) is 43.3 Å². The molecule has 0 aliphatic carbocycles. The number of halogens is 2. The number of para-hydroxylation sites is 1. The molecular formula is C20H16ClFN2O3S. The van der Waals surface area contributed by atoms with Crippen LogP contribution in [-0.2, 0) is 10.0 Å². The monoisotopic (exact) mass is 418 g/mol. The van der Waals surface area contributed by atoms with E-state index in [0.717, 1.165) is 6.07 Å². The Morgan fingerprint density at radius 1 is 1.00 bits per heavy atom. The van der Waals surface area contributed by atoms with Crippen LogP contribution in [0.25, 0.3) is 0 Å². The number of benzene rings is 3. The van der Waals surface area contributed by atoms with Crippen molar-refractivity contribution in [3.05, 3.63) is 88.7 Å². The standard InChI is InChI=1S/C20H16ClFN2O3S/c1-13-10-11-14(23-20(25)15-6-2-3-7-16(15)21)12-19(13)28(26,27)24-18-9-5-4-8-17(18)22/h2-12,24H,1H3,(H,23,25). The number of aryl methyl sites for hydroxylation is 1. The van der Waals surface area contributed by atoms with Crippen LogP contribution >= 0.6 is 11.6 Å². The maximum atomic E-state index is 13.8. The van der Waals surface area contributed by atoms with Crippen molar-refractivity contribution in [2.45, 2.75) is 11.8 Å². The third-order valence-corrected chi connectivity index (χ3v) is 5.81. The van der Waals surface area contributed by atoms with Crippen molar-refractivity contribution in [1.29, 1.82) is 0 Å². The molecule has 3 aromatic rings. The van der Waals surface area contributed by atoms with Gasteiger partial charge in [0.05, 0.1) is 21.2 Å². The van der Waals surface area contributed by atoms with Gasteiger partial charge in [0.2, 0.25) is 0 Å². The highest BCUT2D eigenvalue weighted by molar-refractivity contribution is 7.92. The highest BCUT2D eigenvalue weighted by Crippen LogP contribution is 2.25. The molecular weight excluding hydrogens is 403 g/mol. The summed E-state index contributed by atoms with van der Waals surface area (Å²) in [5.41, 5.74) is 0.815. The summed E-state index contributed by atoms with van der Waals surface area (Å²) >= 11 is 6.02. The molecule has 0 bridgehead atoms. The van der Waals surface area contributed by atoms with Gasteiger partial charge in [0.1, 0.15) is 5.82 Å². The Kier molecular flexibility index (Phi) is 5.67. The second-order valence-corrected chi connectivity index (χ2v) is 8.06. The van der Waals surface area contributed by atoms with E-state index in [-0.39, 0.29) is 26.9 Å². The predicted octanol–water partition coefficient (Wildman–Crippen LogP) is 4.84. The van der Waals surface area contributed by atoms with Crippen LogP contribution in [0.4, 0.5) is 15.8 Å². The fourth-order valence-corrected chi connectivity index (χ4v) is 4.12. The average molecular weight is 419 g/mol. The number of carbonyl (C=O) groups excluding carboxylic acids is 1. The Morgan fingerprint density at radius 2 is 1.68 bits per heavy atom. The third-order valence-electron chi connectivity index (χ3n) is 3.97. The van der Waals surface area contributed by atoms with Gasteiger partial charge in [-0.2, -0.15) is 0 Å². The van der Waals surface area contributed by atoms with Gasteiger partial charge in [0.15, 0.2) is 0 Å². The molecule has 1 amide bonds. The van der Waals surface area contributed by atoms with Gasteiger partial charge in [0, 0.05) is 5.69 Å². The summed E-state index contributed by atoms with van der Waals surface area (Å²) in [5.74, 6) is -1.16. The summed E-state index contributed by atoms with van der Waals surface area (Å²) in [5, 5.41) is 2.90. The molecule has 0 saturated carbocycles. The van der Waals surface area contributed by atoms with E-state index in [0.29, 0.717) is 5.56 Å². The highest BCUT2D eigenvalue weighted by Gasteiger charge is 2.20. The molecule has 8 heteroatoms. The van der Waals surface area contributed by atoms with Crippen molar-refractivity contribution in [3.8, 4) is 0 Å². The molecule has 0 atom stereocenters. The summed E-state index contributed by atoms with van der Waals surface area (Å²) in [6.07, 6.45) is 0. The van der Waals surface area contributed by atoms with E-state index < -0.39 is 21.7 Å². The zero-order chi connectivity index (χ0) is 20.3.